The largest absolute Gasteiger partial charge is 0.586 e. The lowest BCUT2D eigenvalue weighted by atomic mass is 10.3. The molecule has 2 N–H and O–H groups in total. The molecule has 1 aromatic carbocycles. The highest BCUT2D eigenvalue weighted by atomic mass is 32.1. The van der Waals surface area contributed by atoms with Gasteiger partial charge in [-0.15, -0.1) is 8.78 Å². The van der Waals surface area contributed by atoms with Gasteiger partial charge in [-0.05, 0) is 0 Å². The third kappa shape index (κ3) is 3.30. The van der Waals surface area contributed by atoms with E-state index in [9.17, 15) is 18.4 Å². The Morgan fingerprint density at radius 2 is 2.04 bits per heavy atom. The van der Waals surface area contributed by atoms with Gasteiger partial charge in [-0.1, -0.05) is 11.3 Å². The molecule has 2 aromatic rings. The van der Waals surface area contributed by atoms with Crippen molar-refractivity contribution in [3.8, 4) is 11.5 Å². The number of carbonyl (C=O) groups is 2. The molecule has 3 rings (SSSR count). The predicted octanol–water partition coefficient (Wildman–Crippen LogP) is 2.56. The summed E-state index contributed by atoms with van der Waals surface area (Å²) in [5.74, 6) is -1.25. The van der Waals surface area contributed by atoms with Gasteiger partial charge >= 0.3 is 18.3 Å². The summed E-state index contributed by atoms with van der Waals surface area (Å²) in [5.41, 5.74) is 0.364. The number of aliphatic carboxylic acids is 1. The van der Waals surface area contributed by atoms with Crippen LogP contribution in [0.15, 0.2) is 12.1 Å². The van der Waals surface area contributed by atoms with Crippen LogP contribution in [0, 0.1) is 0 Å². The predicted molar refractivity (Wildman–Crippen MR) is 79.7 cm³/mol. The number of halogens is 2. The number of rotatable bonds is 4. The minimum Gasteiger partial charge on any atom is -0.481 e. The Bertz CT molecular complexity index is 780. The van der Waals surface area contributed by atoms with E-state index in [-0.39, 0.29) is 29.6 Å². The van der Waals surface area contributed by atoms with Crippen molar-refractivity contribution in [3.63, 3.8) is 0 Å². The van der Waals surface area contributed by atoms with Crippen molar-refractivity contribution in [3.05, 3.63) is 12.1 Å². The minimum absolute atomic E-state index is 0.0388. The molecular weight excluding hydrogens is 348 g/mol. The van der Waals surface area contributed by atoms with E-state index in [0.717, 1.165) is 11.3 Å². The lowest BCUT2D eigenvalue weighted by molar-refractivity contribution is -0.286. The number of nitrogens with zero attached hydrogens (tertiary/aromatic N) is 2. The van der Waals surface area contributed by atoms with Crippen molar-refractivity contribution in [2.24, 2.45) is 0 Å². The van der Waals surface area contributed by atoms with Crippen LogP contribution in [-0.4, -0.2) is 46.9 Å². The quantitative estimate of drug-likeness (QED) is 0.870. The van der Waals surface area contributed by atoms with Crippen molar-refractivity contribution in [2.75, 3.05) is 18.9 Å². The average Bonchev–Trinajstić information content (AvgIpc) is 2.98. The summed E-state index contributed by atoms with van der Waals surface area (Å²) in [7, 11) is 1.45. The zero-order valence-electron chi connectivity index (χ0n) is 12.2. The summed E-state index contributed by atoms with van der Waals surface area (Å²) in [6.07, 6.45) is -3.88. The van der Waals surface area contributed by atoms with Gasteiger partial charge in [0.1, 0.15) is 0 Å². The SMILES string of the molecule is CN(CCC(=O)O)C(=O)Nc1nc2cc3c(cc2s1)OC(F)(F)O3. The fraction of sp³-hybridized carbons (Fsp3) is 0.308. The fourth-order valence-electron chi connectivity index (χ4n) is 1.98. The van der Waals surface area contributed by atoms with Gasteiger partial charge in [-0.25, -0.2) is 9.78 Å². The van der Waals surface area contributed by atoms with Gasteiger partial charge in [0.25, 0.3) is 0 Å². The molecule has 1 aliphatic heterocycles. The molecule has 1 aliphatic rings. The number of amides is 2. The number of aromatic nitrogens is 1. The lowest BCUT2D eigenvalue weighted by Gasteiger charge is -2.15. The first-order valence-corrected chi connectivity index (χ1v) is 7.49. The molecule has 0 saturated heterocycles. The Morgan fingerprint density at radius 3 is 2.71 bits per heavy atom. The van der Waals surface area contributed by atoms with Crippen molar-refractivity contribution >= 4 is 38.7 Å². The maximum Gasteiger partial charge on any atom is 0.586 e. The lowest BCUT2D eigenvalue weighted by Crippen LogP contribution is -2.33. The van der Waals surface area contributed by atoms with Gasteiger partial charge in [0, 0.05) is 25.7 Å². The average molecular weight is 359 g/mol. The van der Waals surface area contributed by atoms with E-state index in [1.165, 1.54) is 24.1 Å². The second-order valence-electron chi connectivity index (χ2n) is 4.95. The van der Waals surface area contributed by atoms with Gasteiger partial charge < -0.3 is 19.5 Å². The number of thiazole rings is 1. The molecule has 8 nitrogen and oxygen atoms in total. The molecule has 2 heterocycles. The van der Waals surface area contributed by atoms with Crippen LogP contribution in [0.4, 0.5) is 18.7 Å². The molecule has 128 valence electrons. The fourth-order valence-corrected chi connectivity index (χ4v) is 2.84. The molecule has 0 atom stereocenters. The molecule has 2 amide bonds. The third-order valence-electron chi connectivity index (χ3n) is 3.13. The number of benzene rings is 1. The molecule has 0 aliphatic carbocycles. The first-order valence-electron chi connectivity index (χ1n) is 6.68. The van der Waals surface area contributed by atoms with Crippen LogP contribution in [0.3, 0.4) is 0 Å². The van der Waals surface area contributed by atoms with E-state index in [2.05, 4.69) is 19.8 Å². The van der Waals surface area contributed by atoms with Crippen molar-refractivity contribution in [1.82, 2.24) is 9.88 Å². The van der Waals surface area contributed by atoms with Gasteiger partial charge in [0.2, 0.25) is 0 Å². The van der Waals surface area contributed by atoms with Crippen molar-refractivity contribution in [2.45, 2.75) is 12.7 Å². The van der Waals surface area contributed by atoms with Gasteiger partial charge in [0.15, 0.2) is 16.6 Å². The number of ether oxygens (including phenoxy) is 2. The van der Waals surface area contributed by atoms with Crippen molar-refractivity contribution < 1.29 is 33.0 Å². The normalized spacial score (nSPS) is 14.6. The van der Waals surface area contributed by atoms with E-state index in [1.807, 2.05) is 0 Å². The van der Waals surface area contributed by atoms with Crippen molar-refractivity contribution in [1.29, 1.82) is 0 Å². The second kappa shape index (κ2) is 5.74. The number of hydrogen-bond acceptors (Lipinski definition) is 6. The molecule has 24 heavy (non-hydrogen) atoms. The van der Waals surface area contributed by atoms with Crippen LogP contribution < -0.4 is 14.8 Å². The maximum atomic E-state index is 13.0. The summed E-state index contributed by atoms with van der Waals surface area (Å²) in [6.45, 7) is 0.0388. The first kappa shape index (κ1) is 16.2. The minimum atomic E-state index is -3.70. The number of hydrogen-bond donors (Lipinski definition) is 2. The van der Waals surface area contributed by atoms with Crippen LogP contribution >= 0.6 is 11.3 Å². The summed E-state index contributed by atoms with van der Waals surface area (Å²) in [4.78, 5) is 27.7. The highest BCUT2D eigenvalue weighted by Gasteiger charge is 2.43. The van der Waals surface area contributed by atoms with Crippen LogP contribution in [-0.2, 0) is 4.79 Å². The van der Waals surface area contributed by atoms with E-state index >= 15 is 0 Å². The topological polar surface area (TPSA) is 101 Å². The molecular formula is C13H11F2N3O5S. The van der Waals surface area contributed by atoms with Gasteiger partial charge in [-0.2, -0.15) is 0 Å². The molecule has 0 unspecified atom stereocenters. The molecule has 0 fully saturated rings. The van der Waals surface area contributed by atoms with E-state index in [0.29, 0.717) is 10.2 Å². The summed E-state index contributed by atoms with van der Waals surface area (Å²) in [6, 6.07) is 2.13. The number of anilines is 1. The standard InChI is InChI=1S/C13H11F2N3O5S/c1-18(3-2-10(19)20)12(21)17-11-16-6-4-7-8(5-9(6)24-11)23-13(14,15)22-7/h4-5H,2-3H2,1H3,(H,19,20)(H,16,17,21). The van der Waals surface area contributed by atoms with E-state index < -0.39 is 18.3 Å². The second-order valence-corrected chi connectivity index (χ2v) is 5.98. The maximum absolute atomic E-state index is 13.0. The highest BCUT2D eigenvalue weighted by Crippen LogP contribution is 2.44. The molecule has 0 spiro atoms. The summed E-state index contributed by atoms with van der Waals surface area (Å²) in [5, 5.41) is 11.4. The number of urea groups is 1. The van der Waals surface area contributed by atoms with Crippen LogP contribution in [0.5, 0.6) is 11.5 Å². The third-order valence-corrected chi connectivity index (χ3v) is 4.07. The first-order chi connectivity index (χ1) is 11.2. The zero-order valence-corrected chi connectivity index (χ0v) is 13.0. The Hall–Kier alpha value is -2.69. The van der Waals surface area contributed by atoms with Gasteiger partial charge in [-0.3, -0.25) is 10.1 Å². The number of fused-ring (bicyclic) bond motifs is 2. The zero-order chi connectivity index (χ0) is 17.5. The number of nitrogens with one attached hydrogen (secondary N) is 1. The number of carbonyl (C=O) groups excluding carboxylic acids is 1. The number of carboxylic acids is 1. The Balaban J connectivity index is 1.73. The van der Waals surface area contributed by atoms with Gasteiger partial charge in [0.05, 0.1) is 16.6 Å². The summed E-state index contributed by atoms with van der Waals surface area (Å²) < 4.78 is 35.2. The Labute approximate surface area is 137 Å². The van der Waals surface area contributed by atoms with Crippen LogP contribution in [0.25, 0.3) is 10.2 Å². The molecule has 1 aromatic heterocycles. The summed E-state index contributed by atoms with van der Waals surface area (Å²) >= 11 is 1.07. The molecule has 0 bridgehead atoms. The highest BCUT2D eigenvalue weighted by molar-refractivity contribution is 7.22. The number of carboxylic acid groups (broad SMARTS) is 1. The smallest absolute Gasteiger partial charge is 0.481 e. The van der Waals surface area contributed by atoms with E-state index in [4.69, 9.17) is 5.11 Å². The Kier molecular flexibility index (Phi) is 3.87. The van der Waals surface area contributed by atoms with Crippen LogP contribution in [0.1, 0.15) is 6.42 Å². The molecule has 11 heteroatoms. The Morgan fingerprint density at radius 1 is 1.38 bits per heavy atom. The number of alkyl halides is 2. The monoisotopic (exact) mass is 359 g/mol. The molecule has 0 saturated carbocycles. The molecule has 0 radical (unpaired) electrons. The van der Waals surface area contributed by atoms with Crippen LogP contribution in [0.2, 0.25) is 0 Å². The van der Waals surface area contributed by atoms with E-state index in [1.54, 1.807) is 0 Å².